The molecular weight excluding hydrogens is 210 g/mol. The van der Waals surface area contributed by atoms with E-state index in [1.807, 2.05) is 27.7 Å². The Morgan fingerprint density at radius 3 is 1.81 bits per heavy atom. The summed E-state index contributed by atoms with van der Waals surface area (Å²) in [6.45, 7) is 8.77. The van der Waals surface area contributed by atoms with Crippen molar-refractivity contribution >= 4 is 6.29 Å². The van der Waals surface area contributed by atoms with E-state index < -0.39 is 5.92 Å². The van der Waals surface area contributed by atoms with Crippen molar-refractivity contribution in [3.8, 4) is 0 Å². The Labute approximate surface area is 96.5 Å². The van der Waals surface area contributed by atoms with Crippen molar-refractivity contribution in [2.45, 2.75) is 40.5 Å². The van der Waals surface area contributed by atoms with Crippen LogP contribution in [0.1, 0.15) is 50.5 Å². The van der Waals surface area contributed by atoms with Gasteiger partial charge in [-0.2, -0.15) is 0 Å². The highest BCUT2D eigenvalue weighted by Gasteiger charge is 2.26. The first-order valence-corrected chi connectivity index (χ1v) is 5.48. The summed E-state index contributed by atoms with van der Waals surface area (Å²) in [5.74, 6) is -2.95. The lowest BCUT2D eigenvalue weighted by molar-refractivity contribution is 0.0167. The second-order valence-electron chi connectivity index (χ2n) is 2.59. The Balaban J connectivity index is 0. The van der Waals surface area contributed by atoms with Gasteiger partial charge < -0.3 is 0 Å². The summed E-state index contributed by atoms with van der Waals surface area (Å²) >= 11 is 0. The minimum atomic E-state index is -2.95. The van der Waals surface area contributed by atoms with Gasteiger partial charge in [-0.1, -0.05) is 52.0 Å². The summed E-state index contributed by atoms with van der Waals surface area (Å²) in [6, 6.07) is 5.67. The summed E-state index contributed by atoms with van der Waals surface area (Å²) in [7, 11) is 0. The average Bonchev–Trinajstić information content (AvgIpc) is 2.33. The van der Waals surface area contributed by atoms with E-state index in [1.54, 1.807) is 6.07 Å². The zero-order chi connectivity index (χ0) is 13.2. The van der Waals surface area contributed by atoms with E-state index in [9.17, 15) is 13.6 Å². The van der Waals surface area contributed by atoms with Gasteiger partial charge in [-0.25, -0.2) is 8.78 Å². The van der Waals surface area contributed by atoms with E-state index in [0.29, 0.717) is 6.29 Å². The van der Waals surface area contributed by atoms with Crippen molar-refractivity contribution in [3.63, 3.8) is 0 Å². The monoisotopic (exact) mass is 230 g/mol. The minimum absolute atomic E-state index is 0.0463. The fourth-order valence-corrected chi connectivity index (χ4v) is 1.000. The highest BCUT2D eigenvalue weighted by molar-refractivity contribution is 5.77. The van der Waals surface area contributed by atoms with Gasteiger partial charge in [-0.05, 0) is 0 Å². The first-order chi connectivity index (χ1) is 7.55. The van der Waals surface area contributed by atoms with Crippen LogP contribution in [0.15, 0.2) is 24.3 Å². The van der Waals surface area contributed by atoms with Crippen LogP contribution in [0.3, 0.4) is 0 Å². The van der Waals surface area contributed by atoms with Crippen LogP contribution in [0.25, 0.3) is 0 Å². The maximum atomic E-state index is 12.7. The molecule has 0 N–H and O–H groups in total. The number of carbonyl (C=O) groups excluding carboxylic acids is 1. The first-order valence-electron chi connectivity index (χ1n) is 5.48. The molecule has 0 fully saturated rings. The van der Waals surface area contributed by atoms with Crippen molar-refractivity contribution in [1.29, 1.82) is 0 Å². The van der Waals surface area contributed by atoms with Crippen LogP contribution in [0, 0.1) is 0 Å². The van der Waals surface area contributed by atoms with Crippen LogP contribution in [-0.4, -0.2) is 6.29 Å². The molecule has 1 aromatic carbocycles. The Morgan fingerprint density at radius 2 is 1.50 bits per heavy atom. The molecule has 0 heterocycles. The van der Waals surface area contributed by atoms with Crippen LogP contribution >= 0.6 is 0 Å². The normalized spacial score (nSPS) is 9.19. The zero-order valence-corrected chi connectivity index (χ0v) is 10.6. The number of hydrogen-bond donors (Lipinski definition) is 0. The standard InChI is InChI=1S/C9H8F2O.2C2H6/c1-9(10,11)8-5-3-2-4-7(8)6-12;2*1-2/h2-6H,1H3;2*1-2H3. The lowest BCUT2D eigenvalue weighted by Crippen LogP contribution is -2.09. The topological polar surface area (TPSA) is 17.1 Å². The van der Waals surface area contributed by atoms with Crippen LogP contribution in [-0.2, 0) is 5.92 Å². The number of hydrogen-bond acceptors (Lipinski definition) is 1. The Hall–Kier alpha value is -1.25. The van der Waals surface area contributed by atoms with Crippen LogP contribution < -0.4 is 0 Å². The molecule has 1 rings (SSSR count). The number of rotatable bonds is 2. The molecular formula is C13H20F2O. The lowest BCUT2D eigenvalue weighted by Gasteiger charge is -2.11. The first kappa shape index (κ1) is 17.2. The highest BCUT2D eigenvalue weighted by atomic mass is 19.3. The van der Waals surface area contributed by atoms with Gasteiger partial charge in [0.1, 0.15) is 0 Å². The van der Waals surface area contributed by atoms with E-state index in [0.717, 1.165) is 6.92 Å². The smallest absolute Gasteiger partial charge is 0.271 e. The predicted octanol–water partition coefficient (Wildman–Crippen LogP) is 4.66. The van der Waals surface area contributed by atoms with Crippen LogP contribution in [0.4, 0.5) is 8.78 Å². The molecule has 3 heteroatoms. The number of alkyl halides is 2. The fourth-order valence-electron chi connectivity index (χ4n) is 1.000. The van der Waals surface area contributed by atoms with Crippen molar-refractivity contribution in [2.75, 3.05) is 0 Å². The molecule has 92 valence electrons. The average molecular weight is 230 g/mol. The summed E-state index contributed by atoms with van der Waals surface area (Å²) in [6.07, 6.45) is 0.437. The van der Waals surface area contributed by atoms with E-state index in [-0.39, 0.29) is 11.1 Å². The lowest BCUT2D eigenvalue weighted by atomic mass is 10.0. The van der Waals surface area contributed by atoms with Crippen molar-refractivity contribution in [1.82, 2.24) is 0 Å². The number of halogens is 2. The second kappa shape index (κ2) is 9.01. The third kappa shape index (κ3) is 5.59. The molecule has 16 heavy (non-hydrogen) atoms. The summed E-state index contributed by atoms with van der Waals surface area (Å²) < 4.78 is 25.5. The van der Waals surface area contributed by atoms with Gasteiger partial charge in [0.05, 0.1) is 0 Å². The number of aldehydes is 1. The molecule has 0 aliphatic carbocycles. The maximum absolute atomic E-state index is 12.7. The fraction of sp³-hybridized carbons (Fsp3) is 0.462. The molecule has 0 amide bonds. The quantitative estimate of drug-likeness (QED) is 0.675. The van der Waals surface area contributed by atoms with Gasteiger partial charge in [0, 0.05) is 18.1 Å². The zero-order valence-electron chi connectivity index (χ0n) is 10.6. The molecule has 0 radical (unpaired) electrons. The molecule has 0 bridgehead atoms. The molecule has 0 aliphatic rings. The summed E-state index contributed by atoms with van der Waals surface area (Å²) in [5.41, 5.74) is -0.176. The van der Waals surface area contributed by atoms with E-state index in [1.165, 1.54) is 18.2 Å². The number of carbonyl (C=O) groups is 1. The van der Waals surface area contributed by atoms with Gasteiger partial charge in [0.15, 0.2) is 6.29 Å². The van der Waals surface area contributed by atoms with Crippen LogP contribution in [0.5, 0.6) is 0 Å². The van der Waals surface area contributed by atoms with Gasteiger partial charge in [-0.15, -0.1) is 0 Å². The van der Waals surface area contributed by atoms with Gasteiger partial charge in [0.2, 0.25) is 0 Å². The molecule has 0 aromatic heterocycles. The second-order valence-corrected chi connectivity index (χ2v) is 2.59. The minimum Gasteiger partial charge on any atom is -0.298 e. The van der Waals surface area contributed by atoms with E-state index >= 15 is 0 Å². The van der Waals surface area contributed by atoms with Crippen LogP contribution in [0.2, 0.25) is 0 Å². The third-order valence-electron chi connectivity index (χ3n) is 1.56. The highest BCUT2D eigenvalue weighted by Crippen LogP contribution is 2.28. The van der Waals surface area contributed by atoms with Gasteiger partial charge in [-0.3, -0.25) is 4.79 Å². The Morgan fingerprint density at radius 1 is 1.06 bits per heavy atom. The molecule has 0 saturated carbocycles. The molecule has 0 saturated heterocycles. The summed E-state index contributed by atoms with van der Waals surface area (Å²) in [5, 5.41) is 0. The predicted molar refractivity (Wildman–Crippen MR) is 64.1 cm³/mol. The SMILES string of the molecule is CC.CC.CC(F)(F)c1ccccc1C=O. The summed E-state index contributed by atoms with van der Waals surface area (Å²) in [4.78, 5) is 10.3. The largest absolute Gasteiger partial charge is 0.298 e. The van der Waals surface area contributed by atoms with E-state index in [4.69, 9.17) is 0 Å². The maximum Gasteiger partial charge on any atom is 0.271 e. The van der Waals surface area contributed by atoms with E-state index in [2.05, 4.69) is 0 Å². The Kier molecular flexibility index (Phi) is 9.66. The van der Waals surface area contributed by atoms with Crippen molar-refractivity contribution < 1.29 is 13.6 Å². The van der Waals surface area contributed by atoms with Crippen molar-refractivity contribution in [3.05, 3.63) is 35.4 Å². The Bertz CT molecular complexity index is 290. The van der Waals surface area contributed by atoms with Gasteiger partial charge in [0.25, 0.3) is 5.92 Å². The van der Waals surface area contributed by atoms with Gasteiger partial charge >= 0.3 is 0 Å². The molecule has 1 nitrogen and oxygen atoms in total. The third-order valence-corrected chi connectivity index (χ3v) is 1.56. The molecule has 1 aromatic rings. The molecule has 0 aliphatic heterocycles. The molecule has 0 unspecified atom stereocenters. The molecule has 0 spiro atoms. The number of benzene rings is 1. The molecule has 0 atom stereocenters. The van der Waals surface area contributed by atoms with Crippen molar-refractivity contribution in [2.24, 2.45) is 0 Å².